The summed E-state index contributed by atoms with van der Waals surface area (Å²) in [6.45, 7) is 3.14. The molecule has 4 heteroatoms. The van der Waals surface area contributed by atoms with Crippen molar-refractivity contribution >= 4 is 17.4 Å². The van der Waals surface area contributed by atoms with Crippen LogP contribution in [0.25, 0.3) is 0 Å². The molecule has 0 aliphatic carbocycles. The van der Waals surface area contributed by atoms with Crippen LogP contribution in [-0.4, -0.2) is 19.2 Å². The number of ether oxygens (including phenoxy) is 2. The van der Waals surface area contributed by atoms with Crippen molar-refractivity contribution in [1.29, 1.82) is 0 Å². The van der Waals surface area contributed by atoms with Crippen LogP contribution in [0.4, 0.5) is 11.4 Å². The predicted molar refractivity (Wildman–Crippen MR) is 111 cm³/mol. The molecule has 4 rings (SSSR count). The zero-order valence-electron chi connectivity index (χ0n) is 15.8. The highest BCUT2D eigenvalue weighted by molar-refractivity contribution is 5.64. The maximum atomic E-state index is 6.25. The minimum absolute atomic E-state index is 0.298. The van der Waals surface area contributed by atoms with Gasteiger partial charge in [-0.2, -0.15) is 9.98 Å². The molecule has 3 aromatic rings. The van der Waals surface area contributed by atoms with E-state index in [9.17, 15) is 0 Å². The Kier molecular flexibility index (Phi) is 5.22. The fourth-order valence-electron chi connectivity index (χ4n) is 3.32. The molecule has 3 aromatic carbocycles. The minimum atomic E-state index is -0.298. The third kappa shape index (κ3) is 3.68. The van der Waals surface area contributed by atoms with Gasteiger partial charge in [-0.3, -0.25) is 0 Å². The summed E-state index contributed by atoms with van der Waals surface area (Å²) >= 11 is 0. The van der Waals surface area contributed by atoms with E-state index >= 15 is 0 Å². The van der Waals surface area contributed by atoms with Crippen LogP contribution in [0.3, 0.4) is 0 Å². The lowest BCUT2D eigenvalue weighted by Gasteiger charge is -2.33. The number of para-hydroxylation sites is 4. The summed E-state index contributed by atoms with van der Waals surface area (Å²) in [4.78, 5) is 8.74. The van der Waals surface area contributed by atoms with Crippen LogP contribution in [-0.2, 0) is 5.41 Å². The standard InChI is InChI=1S/C24H22N2O2/c1-2-24(19-10-4-3-5-11-19)16-27-22-14-8-6-12-20(22)25-18-26-21-13-7-9-15-23(21)28-17-24/h3-15H,2,16-17H2,1H3. The molecule has 0 fully saturated rings. The first kappa shape index (κ1) is 18.0. The summed E-state index contributed by atoms with van der Waals surface area (Å²) in [7, 11) is 0. The quantitative estimate of drug-likeness (QED) is 0.560. The normalized spacial score (nSPS) is 18.6. The van der Waals surface area contributed by atoms with E-state index in [0.29, 0.717) is 36.1 Å². The van der Waals surface area contributed by atoms with Crippen LogP contribution in [0.15, 0.2) is 88.8 Å². The third-order valence-electron chi connectivity index (χ3n) is 5.14. The Labute approximate surface area is 165 Å². The Morgan fingerprint density at radius 1 is 0.750 bits per heavy atom. The first-order valence-electron chi connectivity index (χ1n) is 9.46. The molecule has 0 N–H and O–H groups in total. The Morgan fingerprint density at radius 3 is 1.79 bits per heavy atom. The fraction of sp³-hybridized carbons (Fsp3) is 0.208. The van der Waals surface area contributed by atoms with Crippen LogP contribution in [0.1, 0.15) is 18.9 Å². The van der Waals surface area contributed by atoms with Crippen LogP contribution >= 0.6 is 0 Å². The van der Waals surface area contributed by atoms with Crippen LogP contribution in [0.5, 0.6) is 11.5 Å². The average Bonchev–Trinajstić information content (AvgIpc) is 2.76. The van der Waals surface area contributed by atoms with E-state index in [4.69, 9.17) is 9.47 Å². The average molecular weight is 370 g/mol. The topological polar surface area (TPSA) is 43.2 Å². The molecule has 0 aromatic heterocycles. The van der Waals surface area contributed by atoms with Gasteiger partial charge in [0.1, 0.15) is 42.1 Å². The summed E-state index contributed by atoms with van der Waals surface area (Å²) in [6, 6.07) is 28.6. The van der Waals surface area contributed by atoms with Crippen molar-refractivity contribution in [2.75, 3.05) is 13.2 Å². The van der Waals surface area contributed by atoms with Gasteiger partial charge in [0.05, 0.1) is 5.41 Å². The molecule has 1 heterocycles. The highest BCUT2D eigenvalue weighted by Crippen LogP contribution is 2.35. The van der Waals surface area contributed by atoms with Gasteiger partial charge >= 0.3 is 0 Å². The number of nitrogens with zero attached hydrogens (tertiary/aromatic N) is 2. The molecular formula is C24H22N2O2. The van der Waals surface area contributed by atoms with Gasteiger partial charge < -0.3 is 9.47 Å². The zero-order valence-corrected chi connectivity index (χ0v) is 15.8. The fourth-order valence-corrected chi connectivity index (χ4v) is 3.32. The first-order chi connectivity index (χ1) is 13.8. The van der Waals surface area contributed by atoms with E-state index in [1.54, 1.807) is 0 Å². The molecule has 0 amide bonds. The van der Waals surface area contributed by atoms with Crippen LogP contribution in [0, 0.1) is 0 Å². The Morgan fingerprint density at radius 2 is 1.25 bits per heavy atom. The van der Waals surface area contributed by atoms with Gasteiger partial charge in [-0.15, -0.1) is 0 Å². The molecule has 0 bridgehead atoms. The molecule has 4 nitrogen and oxygen atoms in total. The van der Waals surface area contributed by atoms with Crippen molar-refractivity contribution in [3.05, 3.63) is 84.4 Å². The third-order valence-corrected chi connectivity index (χ3v) is 5.14. The molecule has 0 spiro atoms. The number of aliphatic imine (C=N–C) groups is 2. The Bertz CT molecular complexity index is 952. The van der Waals surface area contributed by atoms with Gasteiger partial charge in [-0.1, -0.05) is 61.5 Å². The zero-order chi connectivity index (χ0) is 19.2. The molecule has 0 radical (unpaired) electrons. The van der Waals surface area contributed by atoms with Gasteiger partial charge in [0.15, 0.2) is 0 Å². The highest BCUT2D eigenvalue weighted by Gasteiger charge is 2.33. The Balaban J connectivity index is 1.83. The van der Waals surface area contributed by atoms with Gasteiger partial charge in [0, 0.05) is 0 Å². The van der Waals surface area contributed by atoms with Crippen molar-refractivity contribution in [3.63, 3.8) is 0 Å². The molecule has 0 atom stereocenters. The van der Waals surface area contributed by atoms with Crippen molar-refractivity contribution < 1.29 is 9.47 Å². The number of benzene rings is 3. The second-order valence-electron chi connectivity index (χ2n) is 6.84. The highest BCUT2D eigenvalue weighted by atomic mass is 16.5. The van der Waals surface area contributed by atoms with Crippen molar-refractivity contribution in [1.82, 2.24) is 0 Å². The summed E-state index contributed by atoms with van der Waals surface area (Å²) in [5.74, 6) is 1.43. The molecule has 0 unspecified atom stereocenters. The lowest BCUT2D eigenvalue weighted by molar-refractivity contribution is 0.138. The summed E-state index contributed by atoms with van der Waals surface area (Å²) < 4.78 is 12.5. The van der Waals surface area contributed by atoms with E-state index in [2.05, 4.69) is 47.2 Å². The van der Waals surface area contributed by atoms with E-state index in [1.165, 1.54) is 5.56 Å². The predicted octanol–water partition coefficient (Wildman–Crippen LogP) is 5.94. The van der Waals surface area contributed by atoms with Crippen molar-refractivity contribution in [2.45, 2.75) is 18.8 Å². The van der Waals surface area contributed by atoms with Crippen molar-refractivity contribution in [3.8, 4) is 11.5 Å². The molecular weight excluding hydrogens is 348 g/mol. The van der Waals surface area contributed by atoms with Gasteiger partial charge in [0.2, 0.25) is 0 Å². The van der Waals surface area contributed by atoms with E-state index in [0.717, 1.165) is 6.42 Å². The summed E-state index contributed by atoms with van der Waals surface area (Å²) in [6.07, 6.45) is 0.869. The second-order valence-corrected chi connectivity index (χ2v) is 6.84. The van der Waals surface area contributed by atoms with Crippen LogP contribution < -0.4 is 9.47 Å². The monoisotopic (exact) mass is 370 g/mol. The minimum Gasteiger partial charge on any atom is -0.490 e. The van der Waals surface area contributed by atoms with Crippen molar-refractivity contribution in [2.24, 2.45) is 9.98 Å². The largest absolute Gasteiger partial charge is 0.490 e. The van der Waals surface area contributed by atoms with E-state index in [1.807, 2.05) is 54.6 Å². The number of hydrogen-bond donors (Lipinski definition) is 0. The Hall–Kier alpha value is -3.36. The second kappa shape index (κ2) is 8.12. The number of hydrogen-bond acceptors (Lipinski definition) is 4. The summed E-state index contributed by atoms with van der Waals surface area (Å²) in [5.41, 5.74) is 2.32. The van der Waals surface area contributed by atoms with Gasteiger partial charge in [0.25, 0.3) is 0 Å². The first-order valence-corrected chi connectivity index (χ1v) is 9.46. The molecule has 0 saturated carbocycles. The van der Waals surface area contributed by atoms with Gasteiger partial charge in [-0.25, -0.2) is 0 Å². The van der Waals surface area contributed by atoms with Gasteiger partial charge in [-0.05, 0) is 36.2 Å². The van der Waals surface area contributed by atoms with E-state index in [-0.39, 0.29) is 5.41 Å². The molecule has 0 saturated heterocycles. The van der Waals surface area contributed by atoms with Crippen LogP contribution in [0.2, 0.25) is 0 Å². The van der Waals surface area contributed by atoms with E-state index < -0.39 is 0 Å². The molecule has 1 aliphatic heterocycles. The molecule has 28 heavy (non-hydrogen) atoms. The molecule has 1 aliphatic rings. The number of fused-ring (bicyclic) bond motifs is 2. The SMILES string of the molecule is CCC1(c2ccccc2)COc2ccccc2N=C=Nc2ccccc2OC1. The lowest BCUT2D eigenvalue weighted by Crippen LogP contribution is -2.39. The number of rotatable bonds is 2. The molecule has 140 valence electrons. The maximum Gasteiger partial charge on any atom is 0.145 e. The maximum absolute atomic E-state index is 6.25. The lowest BCUT2D eigenvalue weighted by atomic mass is 9.79. The smallest absolute Gasteiger partial charge is 0.145 e. The summed E-state index contributed by atoms with van der Waals surface area (Å²) in [5, 5.41) is 0.